The molecule has 1 amide bonds. The van der Waals surface area contributed by atoms with Crippen LogP contribution in [0.25, 0.3) is 10.8 Å². The van der Waals surface area contributed by atoms with Gasteiger partial charge in [-0.2, -0.15) is 0 Å². The minimum absolute atomic E-state index is 0.0298. The van der Waals surface area contributed by atoms with Crippen LogP contribution < -0.4 is 5.32 Å². The number of hydrogen-bond donors (Lipinski definition) is 1. The van der Waals surface area contributed by atoms with Gasteiger partial charge in [0.25, 0.3) is 0 Å². The van der Waals surface area contributed by atoms with Gasteiger partial charge in [0.1, 0.15) is 0 Å². The number of amides is 1. The molecule has 0 aliphatic carbocycles. The molecule has 0 unspecified atom stereocenters. The van der Waals surface area contributed by atoms with Crippen LogP contribution in [0.4, 0.5) is 5.69 Å². The van der Waals surface area contributed by atoms with Crippen LogP contribution in [0.1, 0.15) is 0 Å². The van der Waals surface area contributed by atoms with Gasteiger partial charge in [-0.1, -0.05) is 30.3 Å². The Balaban J connectivity index is 1.64. The van der Waals surface area contributed by atoms with Crippen LogP contribution in [-0.2, 0) is 9.53 Å². The Morgan fingerprint density at radius 1 is 1.10 bits per heavy atom. The lowest BCUT2D eigenvalue weighted by molar-refractivity contribution is -0.118. The molecule has 4 nitrogen and oxygen atoms in total. The van der Waals surface area contributed by atoms with Crippen LogP contribution in [-0.4, -0.2) is 43.7 Å². The van der Waals surface area contributed by atoms with E-state index in [9.17, 15) is 4.79 Å². The quantitative estimate of drug-likeness (QED) is 0.928. The van der Waals surface area contributed by atoms with Crippen molar-refractivity contribution in [2.45, 2.75) is 0 Å². The summed E-state index contributed by atoms with van der Waals surface area (Å²) in [6, 6.07) is 14.1. The summed E-state index contributed by atoms with van der Waals surface area (Å²) in [5, 5.41) is 5.28. The van der Waals surface area contributed by atoms with Gasteiger partial charge in [-0.3, -0.25) is 9.69 Å². The maximum atomic E-state index is 12.0. The average molecular weight is 270 g/mol. The summed E-state index contributed by atoms with van der Waals surface area (Å²) >= 11 is 0. The fraction of sp³-hybridized carbons (Fsp3) is 0.312. The monoisotopic (exact) mass is 270 g/mol. The molecule has 0 bridgehead atoms. The lowest BCUT2D eigenvalue weighted by Crippen LogP contribution is -2.41. The Morgan fingerprint density at radius 3 is 2.65 bits per heavy atom. The molecule has 4 heteroatoms. The van der Waals surface area contributed by atoms with E-state index in [1.165, 1.54) is 5.39 Å². The van der Waals surface area contributed by atoms with Crippen LogP contribution in [0.2, 0.25) is 0 Å². The molecule has 1 aliphatic rings. The number of rotatable bonds is 3. The minimum Gasteiger partial charge on any atom is -0.379 e. The van der Waals surface area contributed by atoms with Crippen molar-refractivity contribution in [3.8, 4) is 0 Å². The van der Waals surface area contributed by atoms with E-state index in [1.54, 1.807) is 0 Å². The zero-order valence-corrected chi connectivity index (χ0v) is 11.3. The zero-order valence-electron chi connectivity index (χ0n) is 11.3. The molecule has 0 aromatic heterocycles. The van der Waals surface area contributed by atoms with E-state index in [0.29, 0.717) is 19.8 Å². The number of morpholine rings is 1. The van der Waals surface area contributed by atoms with Crippen molar-refractivity contribution in [1.29, 1.82) is 0 Å². The lowest BCUT2D eigenvalue weighted by Gasteiger charge is -2.25. The highest BCUT2D eigenvalue weighted by Crippen LogP contribution is 2.18. The number of anilines is 1. The zero-order chi connectivity index (χ0) is 13.8. The van der Waals surface area contributed by atoms with Gasteiger partial charge in [0.2, 0.25) is 5.91 Å². The third kappa shape index (κ3) is 3.15. The van der Waals surface area contributed by atoms with E-state index in [1.807, 2.05) is 36.4 Å². The van der Waals surface area contributed by atoms with Crippen LogP contribution in [0.15, 0.2) is 42.5 Å². The maximum Gasteiger partial charge on any atom is 0.238 e. The van der Waals surface area contributed by atoms with Gasteiger partial charge in [-0.05, 0) is 22.9 Å². The standard InChI is InChI=1S/C16H18N2O2/c19-16(12-18-7-9-20-10-8-18)17-15-6-5-13-3-1-2-4-14(13)11-15/h1-6,11H,7-10,12H2,(H,17,19). The van der Waals surface area contributed by atoms with Gasteiger partial charge < -0.3 is 10.1 Å². The summed E-state index contributed by atoms with van der Waals surface area (Å²) in [4.78, 5) is 14.1. The summed E-state index contributed by atoms with van der Waals surface area (Å²) in [5.74, 6) is 0.0298. The molecule has 0 radical (unpaired) electrons. The molecule has 0 spiro atoms. The van der Waals surface area contributed by atoms with Crippen LogP contribution >= 0.6 is 0 Å². The highest BCUT2D eigenvalue weighted by Gasteiger charge is 2.14. The molecule has 3 rings (SSSR count). The predicted molar refractivity (Wildman–Crippen MR) is 79.8 cm³/mol. The summed E-state index contributed by atoms with van der Waals surface area (Å²) in [5.41, 5.74) is 0.849. The Labute approximate surface area is 118 Å². The molecule has 2 aromatic carbocycles. The van der Waals surface area contributed by atoms with Crippen LogP contribution in [0.5, 0.6) is 0 Å². The summed E-state index contributed by atoms with van der Waals surface area (Å²) in [6.07, 6.45) is 0. The molecule has 1 N–H and O–H groups in total. The molecule has 1 saturated heterocycles. The Hall–Kier alpha value is -1.91. The molecule has 1 fully saturated rings. The van der Waals surface area contributed by atoms with Crippen molar-refractivity contribution < 1.29 is 9.53 Å². The molecule has 0 saturated carbocycles. The van der Waals surface area contributed by atoms with Gasteiger partial charge in [0.05, 0.1) is 19.8 Å². The molecule has 104 valence electrons. The van der Waals surface area contributed by atoms with Crippen molar-refractivity contribution in [2.24, 2.45) is 0 Å². The smallest absolute Gasteiger partial charge is 0.238 e. The second-order valence-electron chi connectivity index (χ2n) is 5.00. The van der Waals surface area contributed by atoms with Gasteiger partial charge in [0.15, 0.2) is 0 Å². The summed E-state index contributed by atoms with van der Waals surface area (Å²) in [7, 11) is 0. The molecule has 2 aromatic rings. The minimum atomic E-state index is 0.0298. The van der Waals surface area contributed by atoms with Gasteiger partial charge in [-0.15, -0.1) is 0 Å². The van der Waals surface area contributed by atoms with Gasteiger partial charge >= 0.3 is 0 Å². The fourth-order valence-corrected chi connectivity index (χ4v) is 2.43. The van der Waals surface area contributed by atoms with Gasteiger partial charge in [-0.25, -0.2) is 0 Å². The van der Waals surface area contributed by atoms with Crippen molar-refractivity contribution >= 4 is 22.4 Å². The van der Waals surface area contributed by atoms with Crippen molar-refractivity contribution in [3.05, 3.63) is 42.5 Å². The van der Waals surface area contributed by atoms with E-state index in [2.05, 4.69) is 16.3 Å². The summed E-state index contributed by atoms with van der Waals surface area (Å²) < 4.78 is 5.27. The lowest BCUT2D eigenvalue weighted by atomic mass is 10.1. The molecule has 20 heavy (non-hydrogen) atoms. The number of carbonyl (C=O) groups excluding carboxylic acids is 1. The van der Waals surface area contributed by atoms with E-state index >= 15 is 0 Å². The van der Waals surface area contributed by atoms with E-state index in [4.69, 9.17) is 4.74 Å². The number of benzene rings is 2. The molecular formula is C16H18N2O2. The maximum absolute atomic E-state index is 12.0. The average Bonchev–Trinajstić information content (AvgIpc) is 2.48. The topological polar surface area (TPSA) is 41.6 Å². The van der Waals surface area contributed by atoms with Crippen molar-refractivity contribution in [2.75, 3.05) is 38.2 Å². The number of ether oxygens (including phenoxy) is 1. The number of nitrogens with one attached hydrogen (secondary N) is 1. The first-order valence-electron chi connectivity index (χ1n) is 6.90. The van der Waals surface area contributed by atoms with Crippen LogP contribution in [0, 0.1) is 0 Å². The first-order chi connectivity index (χ1) is 9.81. The SMILES string of the molecule is O=C(CN1CCOCC1)Nc1ccc2ccccc2c1. The van der Waals surface area contributed by atoms with Crippen LogP contribution in [0.3, 0.4) is 0 Å². The highest BCUT2D eigenvalue weighted by molar-refractivity contribution is 5.95. The molecule has 0 atom stereocenters. The number of fused-ring (bicyclic) bond motifs is 1. The second-order valence-corrected chi connectivity index (χ2v) is 5.00. The Bertz CT molecular complexity index is 606. The molecular weight excluding hydrogens is 252 g/mol. The first kappa shape index (κ1) is 13.1. The van der Waals surface area contributed by atoms with Crippen molar-refractivity contribution in [1.82, 2.24) is 4.90 Å². The Kier molecular flexibility index (Phi) is 3.95. The predicted octanol–water partition coefficient (Wildman–Crippen LogP) is 2.11. The fourth-order valence-electron chi connectivity index (χ4n) is 2.43. The van der Waals surface area contributed by atoms with Crippen molar-refractivity contribution in [3.63, 3.8) is 0 Å². The number of carbonyl (C=O) groups is 1. The third-order valence-electron chi connectivity index (χ3n) is 3.50. The Morgan fingerprint density at radius 2 is 1.85 bits per heavy atom. The number of nitrogens with zero attached hydrogens (tertiary/aromatic N) is 1. The van der Waals surface area contributed by atoms with E-state index in [-0.39, 0.29) is 5.91 Å². The highest BCUT2D eigenvalue weighted by atomic mass is 16.5. The van der Waals surface area contributed by atoms with E-state index in [0.717, 1.165) is 24.2 Å². The normalized spacial score (nSPS) is 16.2. The second kappa shape index (κ2) is 6.03. The summed E-state index contributed by atoms with van der Waals surface area (Å²) in [6.45, 7) is 3.50. The third-order valence-corrected chi connectivity index (χ3v) is 3.50. The van der Waals surface area contributed by atoms with Gasteiger partial charge in [0, 0.05) is 18.8 Å². The largest absolute Gasteiger partial charge is 0.379 e. The van der Waals surface area contributed by atoms with E-state index < -0.39 is 0 Å². The molecule has 1 aliphatic heterocycles. The molecule has 1 heterocycles. The first-order valence-corrected chi connectivity index (χ1v) is 6.90. The number of hydrogen-bond acceptors (Lipinski definition) is 3.